The Labute approximate surface area is 141 Å². The predicted molar refractivity (Wildman–Crippen MR) is 91.7 cm³/mol. The lowest BCUT2D eigenvalue weighted by atomic mass is 9.93. The molecule has 1 aliphatic carbocycles. The number of carbonyl (C=O) groups excluding carboxylic acids is 1. The molecule has 0 bridgehead atoms. The van der Waals surface area contributed by atoms with Crippen molar-refractivity contribution in [1.82, 2.24) is 20.4 Å². The fourth-order valence-corrected chi connectivity index (χ4v) is 3.15. The lowest BCUT2D eigenvalue weighted by Gasteiger charge is -2.24. The molecule has 0 aliphatic heterocycles. The number of benzene rings is 1. The highest BCUT2D eigenvalue weighted by Gasteiger charge is 2.25. The highest BCUT2D eigenvalue weighted by atomic mass is 16.3. The van der Waals surface area contributed by atoms with Gasteiger partial charge in [0.05, 0.1) is 18.8 Å². The zero-order valence-corrected chi connectivity index (χ0v) is 13.7. The minimum absolute atomic E-state index is 0.00685. The van der Waals surface area contributed by atoms with Crippen LogP contribution in [0.1, 0.15) is 42.1 Å². The minimum atomic E-state index is -0.183. The van der Waals surface area contributed by atoms with E-state index < -0.39 is 0 Å². The lowest BCUT2D eigenvalue weighted by molar-refractivity contribution is 0.233. The molecule has 2 amide bonds. The Morgan fingerprint density at radius 2 is 2.17 bits per heavy atom. The number of urea groups is 1. The number of fused-ring (bicyclic) bond motifs is 1. The normalized spacial score (nSPS) is 16.5. The summed E-state index contributed by atoms with van der Waals surface area (Å²) < 4.78 is 2.04. The Balaban J connectivity index is 1.67. The molecule has 1 atom stereocenters. The maximum Gasteiger partial charge on any atom is 0.315 e. The number of carbonyl (C=O) groups is 1. The summed E-state index contributed by atoms with van der Waals surface area (Å²) in [5, 5.41) is 19.1. The number of rotatable bonds is 6. The first-order chi connectivity index (χ1) is 11.8. The summed E-state index contributed by atoms with van der Waals surface area (Å²) >= 11 is 0. The largest absolute Gasteiger partial charge is 0.396 e. The third-order valence-corrected chi connectivity index (χ3v) is 4.36. The van der Waals surface area contributed by atoms with Gasteiger partial charge in [-0.15, -0.1) is 0 Å². The molecule has 1 aliphatic rings. The van der Waals surface area contributed by atoms with Crippen LogP contribution in [0.25, 0.3) is 0 Å². The number of aliphatic hydroxyl groups is 1. The van der Waals surface area contributed by atoms with Crippen molar-refractivity contribution in [2.45, 2.75) is 38.3 Å². The average Bonchev–Trinajstić information content (AvgIpc) is 3.00. The van der Waals surface area contributed by atoms with E-state index in [0.717, 1.165) is 31.4 Å². The maximum atomic E-state index is 12.0. The van der Waals surface area contributed by atoms with E-state index in [-0.39, 0.29) is 18.7 Å². The van der Waals surface area contributed by atoms with Crippen molar-refractivity contribution < 1.29 is 9.90 Å². The van der Waals surface area contributed by atoms with E-state index in [1.54, 1.807) is 0 Å². The summed E-state index contributed by atoms with van der Waals surface area (Å²) in [5.41, 5.74) is 3.56. The Morgan fingerprint density at radius 1 is 1.33 bits per heavy atom. The van der Waals surface area contributed by atoms with Gasteiger partial charge in [-0.3, -0.25) is 4.68 Å². The summed E-state index contributed by atoms with van der Waals surface area (Å²) in [6.45, 7) is 1.32. The monoisotopic (exact) mass is 328 g/mol. The molecule has 3 N–H and O–H groups in total. The zero-order valence-electron chi connectivity index (χ0n) is 13.7. The van der Waals surface area contributed by atoms with Crippen molar-refractivity contribution in [3.8, 4) is 0 Å². The third-order valence-electron chi connectivity index (χ3n) is 4.36. The molecule has 3 rings (SSSR count). The predicted octanol–water partition coefficient (Wildman–Crippen LogP) is 1.99. The van der Waals surface area contributed by atoms with Crippen LogP contribution in [-0.4, -0.2) is 34.1 Å². The van der Waals surface area contributed by atoms with Crippen molar-refractivity contribution >= 4 is 6.03 Å². The fourth-order valence-electron chi connectivity index (χ4n) is 3.15. The molecular formula is C18H24N4O2. The molecule has 6 heteroatoms. The molecule has 24 heavy (non-hydrogen) atoms. The molecular weight excluding hydrogens is 304 g/mol. The maximum absolute atomic E-state index is 12.0. The highest BCUT2D eigenvalue weighted by Crippen LogP contribution is 2.29. The summed E-state index contributed by atoms with van der Waals surface area (Å²) in [6.07, 6.45) is 5.41. The van der Waals surface area contributed by atoms with Crippen LogP contribution in [0.15, 0.2) is 36.5 Å². The number of hydrogen-bond donors (Lipinski definition) is 3. The number of nitrogens with one attached hydrogen (secondary N) is 2. The number of aromatic nitrogens is 2. The summed E-state index contributed by atoms with van der Waals surface area (Å²) in [5.74, 6) is 0. The molecule has 0 spiro atoms. The van der Waals surface area contributed by atoms with Gasteiger partial charge in [-0.2, -0.15) is 5.10 Å². The van der Waals surface area contributed by atoms with Gasteiger partial charge in [-0.25, -0.2) is 4.79 Å². The van der Waals surface area contributed by atoms with Crippen LogP contribution in [0.3, 0.4) is 0 Å². The van der Waals surface area contributed by atoms with Crippen molar-refractivity contribution in [1.29, 1.82) is 0 Å². The first-order valence-electron chi connectivity index (χ1n) is 8.51. The van der Waals surface area contributed by atoms with Crippen LogP contribution in [-0.2, 0) is 13.0 Å². The standard InChI is InChI=1S/C18H24N4O2/c23-11-5-10-19-18(24)21-16-8-4-9-17-15(16)12-20-22(17)13-14-6-2-1-3-7-14/h1-3,6-7,12,16,23H,4-5,8-11,13H2,(H2,19,21,24)/t16-/m0/s1. The SMILES string of the molecule is O=C(NCCCO)N[C@H]1CCCc2c1cnn2Cc1ccccc1. The van der Waals surface area contributed by atoms with E-state index in [1.807, 2.05) is 29.1 Å². The molecule has 0 unspecified atom stereocenters. The molecule has 0 saturated carbocycles. The van der Waals surface area contributed by atoms with Gasteiger partial charge in [-0.05, 0) is 31.2 Å². The average molecular weight is 328 g/mol. The van der Waals surface area contributed by atoms with E-state index in [4.69, 9.17) is 5.11 Å². The molecule has 128 valence electrons. The molecule has 0 radical (unpaired) electrons. The second-order valence-electron chi connectivity index (χ2n) is 6.11. The Morgan fingerprint density at radius 3 is 2.96 bits per heavy atom. The fraction of sp³-hybridized carbons (Fsp3) is 0.444. The van der Waals surface area contributed by atoms with E-state index in [9.17, 15) is 4.79 Å². The van der Waals surface area contributed by atoms with Crippen LogP contribution in [0.4, 0.5) is 4.79 Å². The number of hydrogen-bond acceptors (Lipinski definition) is 3. The third kappa shape index (κ3) is 3.94. The Kier molecular flexibility index (Phi) is 5.48. The van der Waals surface area contributed by atoms with Gasteiger partial charge < -0.3 is 15.7 Å². The van der Waals surface area contributed by atoms with Crippen molar-refractivity contribution in [2.24, 2.45) is 0 Å². The second kappa shape index (κ2) is 7.97. The number of amides is 2. The summed E-state index contributed by atoms with van der Waals surface area (Å²) in [7, 11) is 0. The van der Waals surface area contributed by atoms with Gasteiger partial charge in [0.2, 0.25) is 0 Å². The van der Waals surface area contributed by atoms with Crippen molar-refractivity contribution in [3.05, 3.63) is 53.3 Å². The molecule has 1 aromatic carbocycles. The first kappa shape index (κ1) is 16.5. The van der Waals surface area contributed by atoms with Crippen LogP contribution >= 0.6 is 0 Å². The van der Waals surface area contributed by atoms with Gasteiger partial charge >= 0.3 is 6.03 Å². The van der Waals surface area contributed by atoms with Crippen LogP contribution < -0.4 is 10.6 Å². The molecule has 1 heterocycles. The van der Waals surface area contributed by atoms with Gasteiger partial charge in [0, 0.05) is 24.4 Å². The van der Waals surface area contributed by atoms with Gasteiger partial charge in [0.1, 0.15) is 0 Å². The lowest BCUT2D eigenvalue weighted by Crippen LogP contribution is -2.39. The van der Waals surface area contributed by atoms with Crippen LogP contribution in [0, 0.1) is 0 Å². The minimum Gasteiger partial charge on any atom is -0.396 e. The summed E-state index contributed by atoms with van der Waals surface area (Å²) in [4.78, 5) is 12.0. The van der Waals surface area contributed by atoms with Crippen molar-refractivity contribution in [2.75, 3.05) is 13.2 Å². The first-order valence-corrected chi connectivity index (χ1v) is 8.51. The van der Waals surface area contributed by atoms with Gasteiger partial charge in [-0.1, -0.05) is 30.3 Å². The van der Waals surface area contributed by atoms with Gasteiger partial charge in [0.15, 0.2) is 0 Å². The Bertz CT molecular complexity index is 669. The van der Waals surface area contributed by atoms with E-state index >= 15 is 0 Å². The molecule has 0 fully saturated rings. The van der Waals surface area contributed by atoms with Gasteiger partial charge in [0.25, 0.3) is 0 Å². The molecule has 6 nitrogen and oxygen atoms in total. The molecule has 1 aromatic heterocycles. The van der Waals surface area contributed by atoms with E-state index in [2.05, 4.69) is 27.9 Å². The topological polar surface area (TPSA) is 79.2 Å². The highest BCUT2D eigenvalue weighted by molar-refractivity contribution is 5.74. The van der Waals surface area contributed by atoms with Crippen LogP contribution in [0.2, 0.25) is 0 Å². The quantitative estimate of drug-likeness (QED) is 0.710. The Hall–Kier alpha value is -2.34. The van der Waals surface area contributed by atoms with Crippen LogP contribution in [0.5, 0.6) is 0 Å². The van der Waals surface area contributed by atoms with E-state index in [0.29, 0.717) is 13.0 Å². The molecule has 2 aromatic rings. The summed E-state index contributed by atoms with van der Waals surface area (Å²) in [6, 6.07) is 10.1. The number of nitrogens with zero attached hydrogens (tertiary/aromatic N) is 2. The second-order valence-corrected chi connectivity index (χ2v) is 6.11. The molecule has 0 saturated heterocycles. The number of aliphatic hydroxyl groups excluding tert-OH is 1. The van der Waals surface area contributed by atoms with Crippen molar-refractivity contribution in [3.63, 3.8) is 0 Å². The van der Waals surface area contributed by atoms with E-state index in [1.165, 1.54) is 11.3 Å². The zero-order chi connectivity index (χ0) is 16.8. The smallest absolute Gasteiger partial charge is 0.315 e.